The monoisotopic (exact) mass is 242 g/mol. The molecule has 17 heavy (non-hydrogen) atoms. The molecule has 0 aromatic heterocycles. The van der Waals surface area contributed by atoms with Crippen molar-refractivity contribution in [1.29, 1.82) is 0 Å². The van der Waals surface area contributed by atoms with E-state index in [4.69, 9.17) is 10.6 Å². The minimum Gasteiger partial charge on any atom is -0.377 e. The lowest BCUT2D eigenvalue weighted by molar-refractivity contribution is -0.0699. The van der Waals surface area contributed by atoms with Crippen LogP contribution in [0.1, 0.15) is 65.2 Å². The van der Waals surface area contributed by atoms with Crippen LogP contribution in [-0.4, -0.2) is 18.8 Å². The van der Waals surface area contributed by atoms with Crippen molar-refractivity contribution >= 4 is 0 Å². The molecule has 102 valence electrons. The molecule has 0 aromatic rings. The van der Waals surface area contributed by atoms with Gasteiger partial charge in [0.15, 0.2) is 0 Å². The van der Waals surface area contributed by atoms with E-state index in [1.54, 1.807) is 0 Å². The van der Waals surface area contributed by atoms with Gasteiger partial charge in [0.1, 0.15) is 0 Å². The van der Waals surface area contributed by atoms with Gasteiger partial charge in [0.25, 0.3) is 0 Å². The van der Waals surface area contributed by atoms with E-state index in [2.05, 4.69) is 19.3 Å². The van der Waals surface area contributed by atoms with Crippen LogP contribution in [0.2, 0.25) is 0 Å². The van der Waals surface area contributed by atoms with Gasteiger partial charge in [-0.25, -0.2) is 0 Å². The van der Waals surface area contributed by atoms with E-state index in [1.807, 2.05) is 7.11 Å². The zero-order valence-corrected chi connectivity index (χ0v) is 11.8. The predicted molar refractivity (Wildman–Crippen MR) is 72.6 cm³/mol. The first-order valence-corrected chi connectivity index (χ1v) is 7.16. The molecule has 1 rings (SSSR count). The molecule has 1 saturated carbocycles. The van der Waals surface area contributed by atoms with Crippen molar-refractivity contribution < 1.29 is 4.74 Å². The smallest absolute Gasteiger partial charge is 0.0844 e. The van der Waals surface area contributed by atoms with Crippen LogP contribution in [0.4, 0.5) is 0 Å². The third-order valence-electron chi connectivity index (χ3n) is 4.22. The van der Waals surface area contributed by atoms with E-state index in [9.17, 15) is 0 Å². The third kappa shape index (κ3) is 4.23. The Kier molecular flexibility index (Phi) is 6.45. The van der Waals surface area contributed by atoms with E-state index >= 15 is 0 Å². The first-order chi connectivity index (χ1) is 8.14. The Balaban J connectivity index is 2.50. The Morgan fingerprint density at radius 3 is 2.29 bits per heavy atom. The molecule has 3 N–H and O–H groups in total. The topological polar surface area (TPSA) is 47.3 Å². The Labute approximate surface area is 106 Å². The molecule has 0 amide bonds. The third-order valence-corrected chi connectivity index (χ3v) is 4.22. The molecule has 0 bridgehead atoms. The fourth-order valence-corrected chi connectivity index (χ4v) is 3.07. The number of nitrogens with two attached hydrogens (primary N) is 1. The first-order valence-electron chi connectivity index (χ1n) is 7.16. The second kappa shape index (κ2) is 7.34. The van der Waals surface area contributed by atoms with Crippen molar-refractivity contribution in [3.05, 3.63) is 0 Å². The van der Waals surface area contributed by atoms with Crippen molar-refractivity contribution in [3.8, 4) is 0 Å². The molecular weight excluding hydrogens is 212 g/mol. The number of rotatable bonds is 7. The number of hydrogen-bond acceptors (Lipinski definition) is 3. The summed E-state index contributed by atoms with van der Waals surface area (Å²) in [5, 5.41) is 0. The number of hydrazine groups is 1. The van der Waals surface area contributed by atoms with Gasteiger partial charge < -0.3 is 4.74 Å². The minimum atomic E-state index is -0.00994. The van der Waals surface area contributed by atoms with Crippen molar-refractivity contribution in [1.82, 2.24) is 5.43 Å². The first kappa shape index (κ1) is 14.9. The van der Waals surface area contributed by atoms with Crippen LogP contribution in [-0.2, 0) is 4.74 Å². The number of ether oxygens (including phenoxy) is 1. The number of nitrogens with one attached hydrogen (secondary N) is 1. The summed E-state index contributed by atoms with van der Waals surface area (Å²) < 4.78 is 5.85. The van der Waals surface area contributed by atoms with Crippen molar-refractivity contribution in [3.63, 3.8) is 0 Å². The SMILES string of the molecule is COC1(C(CCCC(C)C)NN)CCCCC1. The molecule has 0 saturated heterocycles. The second-order valence-electron chi connectivity index (χ2n) is 5.87. The van der Waals surface area contributed by atoms with Crippen LogP contribution in [0.15, 0.2) is 0 Å². The average molecular weight is 242 g/mol. The Bertz CT molecular complexity index is 200. The molecule has 1 unspecified atom stereocenters. The molecule has 1 aliphatic carbocycles. The summed E-state index contributed by atoms with van der Waals surface area (Å²) >= 11 is 0. The van der Waals surface area contributed by atoms with Crippen LogP contribution in [0.25, 0.3) is 0 Å². The maximum Gasteiger partial charge on any atom is 0.0844 e. The highest BCUT2D eigenvalue weighted by atomic mass is 16.5. The molecule has 1 aliphatic rings. The second-order valence-corrected chi connectivity index (χ2v) is 5.87. The molecule has 0 spiro atoms. The van der Waals surface area contributed by atoms with Gasteiger partial charge in [0, 0.05) is 7.11 Å². The molecule has 3 nitrogen and oxygen atoms in total. The van der Waals surface area contributed by atoms with Gasteiger partial charge in [-0.1, -0.05) is 46.0 Å². The summed E-state index contributed by atoms with van der Waals surface area (Å²) in [5.74, 6) is 6.53. The quantitative estimate of drug-likeness (QED) is 0.533. The Hall–Kier alpha value is -0.120. The zero-order chi connectivity index (χ0) is 12.7. The van der Waals surface area contributed by atoms with Gasteiger partial charge in [-0.15, -0.1) is 0 Å². The van der Waals surface area contributed by atoms with Crippen LogP contribution >= 0.6 is 0 Å². The fraction of sp³-hybridized carbons (Fsp3) is 1.00. The van der Waals surface area contributed by atoms with Crippen LogP contribution in [0.5, 0.6) is 0 Å². The summed E-state index contributed by atoms with van der Waals surface area (Å²) in [6, 6.07) is 0.312. The highest BCUT2D eigenvalue weighted by molar-refractivity contribution is 4.94. The molecule has 0 heterocycles. The number of methoxy groups -OCH3 is 1. The molecule has 1 atom stereocenters. The maximum atomic E-state index is 5.85. The van der Waals surface area contributed by atoms with Crippen LogP contribution < -0.4 is 11.3 Å². The van der Waals surface area contributed by atoms with Crippen molar-refractivity contribution in [2.45, 2.75) is 76.9 Å². The lowest BCUT2D eigenvalue weighted by Gasteiger charge is -2.42. The minimum absolute atomic E-state index is 0.00994. The molecule has 0 aromatic carbocycles. The largest absolute Gasteiger partial charge is 0.377 e. The summed E-state index contributed by atoms with van der Waals surface area (Å²) in [5.41, 5.74) is 3.00. The van der Waals surface area contributed by atoms with Crippen molar-refractivity contribution in [2.75, 3.05) is 7.11 Å². The zero-order valence-electron chi connectivity index (χ0n) is 11.8. The van der Waals surface area contributed by atoms with Gasteiger partial charge in [-0.3, -0.25) is 11.3 Å². The van der Waals surface area contributed by atoms with E-state index in [0.717, 1.165) is 25.2 Å². The molecule has 0 radical (unpaired) electrons. The fourth-order valence-electron chi connectivity index (χ4n) is 3.07. The normalized spacial score (nSPS) is 21.7. The van der Waals surface area contributed by atoms with Gasteiger partial charge >= 0.3 is 0 Å². The van der Waals surface area contributed by atoms with Gasteiger partial charge in [0.2, 0.25) is 0 Å². The van der Waals surface area contributed by atoms with Gasteiger partial charge in [-0.05, 0) is 25.2 Å². The lowest BCUT2D eigenvalue weighted by atomic mass is 9.77. The lowest BCUT2D eigenvalue weighted by Crippen LogP contribution is -2.55. The Morgan fingerprint density at radius 2 is 1.82 bits per heavy atom. The van der Waals surface area contributed by atoms with Crippen molar-refractivity contribution in [2.24, 2.45) is 11.8 Å². The summed E-state index contributed by atoms with van der Waals surface area (Å²) in [6.45, 7) is 4.55. The van der Waals surface area contributed by atoms with Crippen LogP contribution in [0.3, 0.4) is 0 Å². The molecule has 3 heteroatoms. The number of hydrogen-bond donors (Lipinski definition) is 2. The molecule has 0 aliphatic heterocycles. The van der Waals surface area contributed by atoms with Gasteiger partial charge in [0.05, 0.1) is 11.6 Å². The van der Waals surface area contributed by atoms with E-state index < -0.39 is 0 Å². The van der Waals surface area contributed by atoms with E-state index in [1.165, 1.54) is 32.1 Å². The Morgan fingerprint density at radius 1 is 1.18 bits per heavy atom. The maximum absolute atomic E-state index is 5.85. The highest BCUT2D eigenvalue weighted by Crippen LogP contribution is 2.35. The summed E-state index contributed by atoms with van der Waals surface area (Å²) in [4.78, 5) is 0. The van der Waals surface area contributed by atoms with E-state index in [0.29, 0.717) is 6.04 Å². The predicted octanol–water partition coefficient (Wildman–Crippen LogP) is 2.99. The average Bonchev–Trinajstić information content (AvgIpc) is 2.35. The summed E-state index contributed by atoms with van der Waals surface area (Å²) in [6.07, 6.45) is 9.83. The standard InChI is InChI=1S/C14H30N2O/c1-12(2)8-7-9-13(16-15)14(17-3)10-5-4-6-11-14/h12-13,16H,4-11,15H2,1-3H3. The molecule has 1 fully saturated rings. The summed E-state index contributed by atoms with van der Waals surface area (Å²) in [7, 11) is 1.85. The highest BCUT2D eigenvalue weighted by Gasteiger charge is 2.39. The van der Waals surface area contributed by atoms with Crippen LogP contribution in [0, 0.1) is 5.92 Å². The molecular formula is C14H30N2O. The van der Waals surface area contributed by atoms with Gasteiger partial charge in [-0.2, -0.15) is 0 Å². The van der Waals surface area contributed by atoms with E-state index in [-0.39, 0.29) is 5.60 Å².